The summed E-state index contributed by atoms with van der Waals surface area (Å²) < 4.78 is 0. The molecule has 1 aromatic carbocycles. The van der Waals surface area contributed by atoms with Crippen molar-refractivity contribution in [2.45, 2.75) is 38.3 Å². The van der Waals surface area contributed by atoms with E-state index in [4.69, 9.17) is 17.3 Å². The number of hydrogen-bond acceptors (Lipinski definition) is 3. The van der Waals surface area contributed by atoms with Crippen molar-refractivity contribution in [3.8, 4) is 0 Å². The molecule has 2 rings (SSSR count). The summed E-state index contributed by atoms with van der Waals surface area (Å²) in [6.07, 6.45) is 3.61. The number of amides is 1. The van der Waals surface area contributed by atoms with Crippen LogP contribution >= 0.6 is 11.6 Å². The smallest absolute Gasteiger partial charge is 0.241 e. The summed E-state index contributed by atoms with van der Waals surface area (Å²) in [5.41, 5.74) is 6.82. The van der Waals surface area contributed by atoms with E-state index in [1.165, 1.54) is 19.3 Å². The minimum atomic E-state index is -0.168. The molecule has 0 radical (unpaired) electrons. The van der Waals surface area contributed by atoms with E-state index in [0.717, 1.165) is 0 Å². The average Bonchev–Trinajstić information content (AvgIpc) is 2.29. The minimum Gasteiger partial charge on any atom is -0.399 e. The SMILES string of the molecule is CC(C(=O)Nc1ccc(N)cc1Cl)N(C)C1CCC1. The highest BCUT2D eigenvalue weighted by atomic mass is 35.5. The number of likely N-dealkylation sites (N-methyl/N-ethyl adjacent to an activating group) is 1. The van der Waals surface area contributed by atoms with E-state index >= 15 is 0 Å². The quantitative estimate of drug-likeness (QED) is 0.835. The van der Waals surface area contributed by atoms with Gasteiger partial charge in [-0.2, -0.15) is 0 Å². The fraction of sp³-hybridized carbons (Fsp3) is 0.500. The lowest BCUT2D eigenvalue weighted by Crippen LogP contribution is -2.47. The number of rotatable bonds is 4. The Hall–Kier alpha value is -1.26. The fourth-order valence-corrected chi connectivity index (χ4v) is 2.40. The maximum atomic E-state index is 12.2. The van der Waals surface area contributed by atoms with Crippen LogP contribution in [0.5, 0.6) is 0 Å². The molecule has 0 bridgehead atoms. The highest BCUT2D eigenvalue weighted by molar-refractivity contribution is 6.34. The van der Waals surface area contributed by atoms with Gasteiger partial charge in [-0.05, 0) is 45.0 Å². The molecular weight excluding hydrogens is 262 g/mol. The van der Waals surface area contributed by atoms with Gasteiger partial charge >= 0.3 is 0 Å². The molecule has 3 N–H and O–H groups in total. The van der Waals surface area contributed by atoms with E-state index in [0.29, 0.717) is 22.4 Å². The number of carbonyl (C=O) groups is 1. The Labute approximate surface area is 118 Å². The molecule has 1 atom stereocenters. The summed E-state index contributed by atoms with van der Waals surface area (Å²) in [4.78, 5) is 14.3. The van der Waals surface area contributed by atoms with Gasteiger partial charge in [-0.3, -0.25) is 9.69 Å². The highest BCUT2D eigenvalue weighted by Gasteiger charge is 2.28. The Kier molecular flexibility index (Phi) is 4.32. The van der Waals surface area contributed by atoms with Gasteiger partial charge in [-0.15, -0.1) is 0 Å². The summed E-state index contributed by atoms with van der Waals surface area (Å²) in [5, 5.41) is 3.32. The zero-order chi connectivity index (χ0) is 14.0. The second-order valence-corrected chi connectivity index (χ2v) is 5.56. The summed E-state index contributed by atoms with van der Waals surface area (Å²) in [6, 6.07) is 5.45. The number of benzene rings is 1. The molecule has 5 heteroatoms. The normalized spacial score (nSPS) is 17.1. The first-order valence-corrected chi connectivity index (χ1v) is 6.94. The van der Waals surface area contributed by atoms with Gasteiger partial charge in [0.25, 0.3) is 0 Å². The van der Waals surface area contributed by atoms with Gasteiger partial charge in [0.05, 0.1) is 16.8 Å². The van der Waals surface area contributed by atoms with Crippen molar-refractivity contribution in [3.63, 3.8) is 0 Å². The first kappa shape index (κ1) is 14.2. The number of nitrogens with two attached hydrogens (primary N) is 1. The molecule has 19 heavy (non-hydrogen) atoms. The Morgan fingerprint density at radius 2 is 2.21 bits per heavy atom. The summed E-state index contributed by atoms with van der Waals surface area (Å²) in [7, 11) is 2.00. The molecule has 0 heterocycles. The van der Waals surface area contributed by atoms with Crippen LogP contribution in [0.3, 0.4) is 0 Å². The number of nitrogens with zero attached hydrogens (tertiary/aromatic N) is 1. The Bertz CT molecular complexity index is 474. The monoisotopic (exact) mass is 281 g/mol. The number of halogens is 1. The third-order valence-electron chi connectivity index (χ3n) is 3.89. The molecule has 1 aromatic rings. The van der Waals surface area contributed by atoms with Crippen molar-refractivity contribution in [2.75, 3.05) is 18.1 Å². The van der Waals surface area contributed by atoms with Crippen LogP contribution in [0.2, 0.25) is 5.02 Å². The largest absolute Gasteiger partial charge is 0.399 e. The molecular formula is C14H20ClN3O. The van der Waals surface area contributed by atoms with Crippen LogP contribution in [0.15, 0.2) is 18.2 Å². The van der Waals surface area contributed by atoms with Crippen molar-refractivity contribution in [2.24, 2.45) is 0 Å². The van der Waals surface area contributed by atoms with Crippen LogP contribution in [0, 0.1) is 0 Å². The number of carbonyl (C=O) groups excluding carboxylic acids is 1. The summed E-state index contributed by atoms with van der Waals surface area (Å²) in [6.45, 7) is 1.92. The maximum absolute atomic E-state index is 12.2. The summed E-state index contributed by atoms with van der Waals surface area (Å²) in [5.74, 6) is -0.0407. The van der Waals surface area contributed by atoms with Crippen LogP contribution in [0.1, 0.15) is 26.2 Å². The third kappa shape index (κ3) is 3.19. The van der Waals surface area contributed by atoms with Crippen LogP contribution < -0.4 is 11.1 Å². The van der Waals surface area contributed by atoms with Crippen molar-refractivity contribution in [1.82, 2.24) is 4.90 Å². The van der Waals surface area contributed by atoms with Gasteiger partial charge in [-0.1, -0.05) is 18.0 Å². The zero-order valence-corrected chi connectivity index (χ0v) is 12.1. The maximum Gasteiger partial charge on any atom is 0.241 e. The molecule has 0 spiro atoms. The molecule has 1 aliphatic rings. The summed E-state index contributed by atoms with van der Waals surface area (Å²) >= 11 is 6.05. The highest BCUT2D eigenvalue weighted by Crippen LogP contribution is 2.27. The molecule has 4 nitrogen and oxygen atoms in total. The first-order valence-electron chi connectivity index (χ1n) is 6.57. The standard InChI is InChI=1S/C14H20ClN3O/c1-9(18(2)11-4-3-5-11)14(19)17-13-7-6-10(16)8-12(13)15/h6-9,11H,3-5,16H2,1-2H3,(H,17,19). The van der Waals surface area contributed by atoms with Gasteiger partial charge in [0, 0.05) is 11.7 Å². The number of anilines is 2. The second kappa shape index (κ2) is 5.80. The molecule has 0 aliphatic heterocycles. The van der Waals surface area contributed by atoms with Crippen LogP contribution in [0.25, 0.3) is 0 Å². The van der Waals surface area contributed by atoms with Gasteiger partial charge in [0.15, 0.2) is 0 Å². The van der Waals surface area contributed by atoms with Gasteiger partial charge in [0.1, 0.15) is 0 Å². The number of hydrogen-bond donors (Lipinski definition) is 2. The lowest BCUT2D eigenvalue weighted by molar-refractivity contribution is -0.121. The molecule has 1 fully saturated rings. The van der Waals surface area contributed by atoms with Crippen molar-refractivity contribution in [1.29, 1.82) is 0 Å². The fourth-order valence-electron chi connectivity index (χ4n) is 2.17. The predicted octanol–water partition coefficient (Wildman–Crippen LogP) is 2.73. The molecule has 1 saturated carbocycles. The molecule has 104 valence electrons. The van der Waals surface area contributed by atoms with Crippen molar-refractivity contribution in [3.05, 3.63) is 23.2 Å². The molecule has 0 aromatic heterocycles. The van der Waals surface area contributed by atoms with Gasteiger partial charge in [-0.25, -0.2) is 0 Å². The van der Waals surface area contributed by atoms with Gasteiger partial charge < -0.3 is 11.1 Å². The van der Waals surface area contributed by atoms with E-state index in [2.05, 4.69) is 10.2 Å². The lowest BCUT2D eigenvalue weighted by Gasteiger charge is -2.37. The number of nitrogen functional groups attached to an aromatic ring is 1. The van der Waals surface area contributed by atoms with E-state index in [-0.39, 0.29) is 11.9 Å². The van der Waals surface area contributed by atoms with Crippen molar-refractivity contribution < 1.29 is 4.79 Å². The average molecular weight is 282 g/mol. The number of nitrogens with one attached hydrogen (secondary N) is 1. The Morgan fingerprint density at radius 3 is 2.74 bits per heavy atom. The predicted molar refractivity (Wildman–Crippen MR) is 79.4 cm³/mol. The van der Waals surface area contributed by atoms with Crippen molar-refractivity contribution >= 4 is 28.9 Å². The minimum absolute atomic E-state index is 0.0407. The Balaban J connectivity index is 1.99. The first-order chi connectivity index (χ1) is 8.99. The van der Waals surface area contributed by atoms with E-state index in [1.54, 1.807) is 18.2 Å². The van der Waals surface area contributed by atoms with Crippen LogP contribution in [0.4, 0.5) is 11.4 Å². The Morgan fingerprint density at radius 1 is 1.53 bits per heavy atom. The van der Waals surface area contributed by atoms with E-state index in [1.807, 2.05) is 14.0 Å². The molecule has 0 saturated heterocycles. The van der Waals surface area contributed by atoms with Gasteiger partial charge in [0.2, 0.25) is 5.91 Å². The molecule has 1 amide bonds. The van der Waals surface area contributed by atoms with Crippen LogP contribution in [-0.4, -0.2) is 29.9 Å². The van der Waals surface area contributed by atoms with Crippen LogP contribution in [-0.2, 0) is 4.79 Å². The van der Waals surface area contributed by atoms with E-state index < -0.39 is 0 Å². The second-order valence-electron chi connectivity index (χ2n) is 5.15. The third-order valence-corrected chi connectivity index (χ3v) is 4.20. The molecule has 1 unspecified atom stereocenters. The molecule has 1 aliphatic carbocycles. The zero-order valence-electron chi connectivity index (χ0n) is 11.3. The lowest BCUT2D eigenvalue weighted by atomic mass is 9.91. The van der Waals surface area contributed by atoms with E-state index in [9.17, 15) is 4.79 Å². The topological polar surface area (TPSA) is 58.4 Å².